The van der Waals surface area contributed by atoms with E-state index in [4.69, 9.17) is 23.2 Å². The fourth-order valence-electron chi connectivity index (χ4n) is 2.20. The predicted octanol–water partition coefficient (Wildman–Crippen LogP) is 4.77. The Bertz CT molecular complexity index is 706. The summed E-state index contributed by atoms with van der Waals surface area (Å²) in [5.74, 6) is 0. The summed E-state index contributed by atoms with van der Waals surface area (Å²) in [6.45, 7) is 4.45. The van der Waals surface area contributed by atoms with Crippen LogP contribution in [0.1, 0.15) is 18.1 Å². The van der Waals surface area contributed by atoms with Crippen molar-refractivity contribution in [3.63, 3.8) is 0 Å². The Balaban J connectivity index is 1.90. The summed E-state index contributed by atoms with van der Waals surface area (Å²) < 4.78 is 0. The van der Waals surface area contributed by atoms with Gasteiger partial charge in [0.25, 0.3) is 0 Å². The van der Waals surface area contributed by atoms with Crippen molar-refractivity contribution < 1.29 is 4.79 Å². The molecule has 128 valence electrons. The van der Waals surface area contributed by atoms with Crippen LogP contribution in [0.3, 0.4) is 0 Å². The highest BCUT2D eigenvalue weighted by atomic mass is 35.5. The molecule has 0 unspecified atom stereocenters. The number of urea groups is 1. The Morgan fingerprint density at radius 1 is 1.12 bits per heavy atom. The van der Waals surface area contributed by atoms with E-state index in [0.29, 0.717) is 22.3 Å². The van der Waals surface area contributed by atoms with E-state index in [1.165, 1.54) is 5.56 Å². The average molecular weight is 366 g/mol. The first-order valence-corrected chi connectivity index (χ1v) is 8.49. The number of carbonyl (C=O) groups is 1. The lowest BCUT2D eigenvalue weighted by Gasteiger charge is -2.14. The maximum absolute atomic E-state index is 12.0. The van der Waals surface area contributed by atoms with Crippen LogP contribution < -0.4 is 10.6 Å². The molecule has 2 N–H and O–H groups in total. The quantitative estimate of drug-likeness (QED) is 0.774. The van der Waals surface area contributed by atoms with E-state index >= 15 is 0 Å². The SMILES string of the molecule is CCN(C)Cc1cccc(CNC(=O)Nc2ccc(Cl)cc2Cl)c1. The molecule has 0 fully saturated rings. The van der Waals surface area contributed by atoms with Crippen molar-refractivity contribution in [2.75, 3.05) is 18.9 Å². The van der Waals surface area contributed by atoms with Gasteiger partial charge in [0, 0.05) is 18.1 Å². The molecule has 6 heteroatoms. The van der Waals surface area contributed by atoms with Crippen LogP contribution in [0.4, 0.5) is 10.5 Å². The summed E-state index contributed by atoms with van der Waals surface area (Å²) in [7, 11) is 2.08. The fourth-order valence-corrected chi connectivity index (χ4v) is 2.66. The lowest BCUT2D eigenvalue weighted by molar-refractivity contribution is 0.251. The largest absolute Gasteiger partial charge is 0.334 e. The van der Waals surface area contributed by atoms with Gasteiger partial charge in [-0.25, -0.2) is 4.79 Å². The maximum Gasteiger partial charge on any atom is 0.319 e. The smallest absolute Gasteiger partial charge is 0.319 e. The molecule has 0 saturated heterocycles. The molecule has 0 aliphatic carbocycles. The van der Waals surface area contributed by atoms with Crippen LogP contribution in [0, 0.1) is 0 Å². The molecule has 0 aliphatic heterocycles. The van der Waals surface area contributed by atoms with Crippen molar-refractivity contribution >= 4 is 34.9 Å². The number of nitrogens with zero attached hydrogens (tertiary/aromatic N) is 1. The van der Waals surface area contributed by atoms with Crippen LogP contribution in [0.15, 0.2) is 42.5 Å². The summed E-state index contributed by atoms with van der Waals surface area (Å²) in [6.07, 6.45) is 0. The average Bonchev–Trinajstić information content (AvgIpc) is 2.56. The zero-order chi connectivity index (χ0) is 17.5. The van der Waals surface area contributed by atoms with Crippen LogP contribution in [-0.4, -0.2) is 24.5 Å². The molecule has 0 saturated carbocycles. The molecule has 2 aromatic rings. The zero-order valence-electron chi connectivity index (χ0n) is 13.8. The van der Waals surface area contributed by atoms with Crippen LogP contribution in [0.2, 0.25) is 10.0 Å². The Morgan fingerprint density at radius 2 is 1.88 bits per heavy atom. The van der Waals surface area contributed by atoms with Crippen LogP contribution >= 0.6 is 23.2 Å². The van der Waals surface area contributed by atoms with Crippen molar-refractivity contribution in [2.24, 2.45) is 0 Å². The van der Waals surface area contributed by atoms with Gasteiger partial charge in [-0.05, 0) is 42.9 Å². The van der Waals surface area contributed by atoms with E-state index in [0.717, 1.165) is 18.7 Å². The van der Waals surface area contributed by atoms with E-state index in [2.05, 4.69) is 41.6 Å². The van der Waals surface area contributed by atoms with Gasteiger partial charge in [0.1, 0.15) is 0 Å². The molecule has 2 aromatic carbocycles. The summed E-state index contributed by atoms with van der Waals surface area (Å²) in [6, 6.07) is 12.8. The molecule has 0 aliphatic rings. The van der Waals surface area contributed by atoms with Gasteiger partial charge in [-0.3, -0.25) is 0 Å². The molecule has 4 nitrogen and oxygen atoms in total. The monoisotopic (exact) mass is 365 g/mol. The summed E-state index contributed by atoms with van der Waals surface area (Å²) in [5.41, 5.74) is 2.80. The van der Waals surface area contributed by atoms with Crippen molar-refractivity contribution in [2.45, 2.75) is 20.0 Å². The number of carbonyl (C=O) groups excluding carboxylic acids is 1. The van der Waals surface area contributed by atoms with Crippen LogP contribution in [0.25, 0.3) is 0 Å². The first kappa shape index (κ1) is 18.6. The lowest BCUT2D eigenvalue weighted by atomic mass is 10.1. The van der Waals surface area contributed by atoms with E-state index in [1.807, 2.05) is 12.1 Å². The number of hydrogen-bond acceptors (Lipinski definition) is 2. The highest BCUT2D eigenvalue weighted by molar-refractivity contribution is 6.36. The maximum atomic E-state index is 12.0. The molecule has 0 radical (unpaired) electrons. The van der Waals surface area contributed by atoms with E-state index < -0.39 is 0 Å². The van der Waals surface area contributed by atoms with Gasteiger partial charge in [0.2, 0.25) is 0 Å². The molecule has 0 bridgehead atoms. The van der Waals surface area contributed by atoms with Crippen molar-refractivity contribution in [1.29, 1.82) is 0 Å². The lowest BCUT2D eigenvalue weighted by Crippen LogP contribution is -2.28. The molecule has 0 aromatic heterocycles. The van der Waals surface area contributed by atoms with Gasteiger partial charge in [-0.15, -0.1) is 0 Å². The highest BCUT2D eigenvalue weighted by Gasteiger charge is 2.06. The summed E-state index contributed by atoms with van der Waals surface area (Å²) in [4.78, 5) is 14.2. The van der Waals surface area contributed by atoms with Gasteiger partial charge >= 0.3 is 6.03 Å². The first-order valence-electron chi connectivity index (χ1n) is 7.74. The number of rotatable bonds is 6. The predicted molar refractivity (Wildman–Crippen MR) is 101 cm³/mol. The normalized spacial score (nSPS) is 10.7. The number of nitrogens with one attached hydrogen (secondary N) is 2. The number of benzene rings is 2. The summed E-state index contributed by atoms with van der Waals surface area (Å²) >= 11 is 11.9. The van der Waals surface area contributed by atoms with Gasteiger partial charge in [-0.1, -0.05) is 54.4 Å². The van der Waals surface area contributed by atoms with Gasteiger partial charge < -0.3 is 15.5 Å². The van der Waals surface area contributed by atoms with Gasteiger partial charge in [0.05, 0.1) is 10.7 Å². The third-order valence-corrected chi connectivity index (χ3v) is 4.16. The molecule has 24 heavy (non-hydrogen) atoms. The van der Waals surface area contributed by atoms with Crippen molar-refractivity contribution in [3.8, 4) is 0 Å². The Morgan fingerprint density at radius 3 is 2.58 bits per heavy atom. The van der Waals surface area contributed by atoms with Gasteiger partial charge in [0.15, 0.2) is 0 Å². The van der Waals surface area contributed by atoms with Crippen LogP contribution in [0.5, 0.6) is 0 Å². The Hall–Kier alpha value is -1.75. The number of hydrogen-bond donors (Lipinski definition) is 2. The second-order valence-corrected chi connectivity index (χ2v) is 6.43. The molecule has 2 rings (SSSR count). The molecule has 0 atom stereocenters. The standard InChI is InChI=1S/C18H21Cl2N3O/c1-3-23(2)12-14-6-4-5-13(9-14)11-21-18(24)22-17-8-7-15(19)10-16(17)20/h4-10H,3,11-12H2,1-2H3,(H2,21,22,24). The molecular formula is C18H21Cl2N3O. The first-order chi connectivity index (χ1) is 11.5. The minimum absolute atomic E-state index is 0.310. The Labute approximate surface area is 152 Å². The molecular weight excluding hydrogens is 345 g/mol. The topological polar surface area (TPSA) is 44.4 Å². The number of anilines is 1. The fraction of sp³-hybridized carbons (Fsp3) is 0.278. The minimum Gasteiger partial charge on any atom is -0.334 e. The van der Waals surface area contributed by atoms with E-state index in [-0.39, 0.29) is 6.03 Å². The second-order valence-electron chi connectivity index (χ2n) is 5.58. The number of amides is 2. The molecule has 0 heterocycles. The molecule has 0 spiro atoms. The third-order valence-electron chi connectivity index (χ3n) is 3.62. The zero-order valence-corrected chi connectivity index (χ0v) is 15.3. The Kier molecular flexibility index (Phi) is 6.91. The van der Waals surface area contributed by atoms with Crippen molar-refractivity contribution in [1.82, 2.24) is 10.2 Å². The highest BCUT2D eigenvalue weighted by Crippen LogP contribution is 2.25. The van der Waals surface area contributed by atoms with E-state index in [1.54, 1.807) is 18.2 Å². The van der Waals surface area contributed by atoms with E-state index in [9.17, 15) is 4.79 Å². The summed E-state index contributed by atoms with van der Waals surface area (Å²) in [5, 5.41) is 6.48. The van der Waals surface area contributed by atoms with Crippen LogP contribution in [-0.2, 0) is 13.1 Å². The number of halogens is 2. The second kappa shape index (κ2) is 8.92. The third kappa shape index (κ3) is 5.71. The van der Waals surface area contributed by atoms with Crippen molar-refractivity contribution in [3.05, 3.63) is 63.6 Å². The minimum atomic E-state index is -0.310. The van der Waals surface area contributed by atoms with Gasteiger partial charge in [-0.2, -0.15) is 0 Å². The molecule has 2 amide bonds.